The molecular formula is C37H48ClN6O9P. The molecule has 17 heteroatoms. The van der Waals surface area contributed by atoms with Gasteiger partial charge in [0.1, 0.15) is 24.1 Å². The molecule has 3 unspecified atom stereocenters. The number of hydrogen-bond donors (Lipinski definition) is 6. The van der Waals surface area contributed by atoms with Gasteiger partial charge in [0, 0.05) is 55.0 Å². The predicted molar refractivity (Wildman–Crippen MR) is 204 cm³/mol. The van der Waals surface area contributed by atoms with Gasteiger partial charge in [-0.05, 0) is 74.4 Å². The third-order valence-corrected chi connectivity index (χ3v) is 10.5. The van der Waals surface area contributed by atoms with Crippen LogP contribution in [0.1, 0.15) is 92.1 Å². The molecule has 292 valence electrons. The smallest absolute Gasteiger partial charge is 0.267 e. The third-order valence-electron chi connectivity index (χ3n) is 9.46. The zero-order valence-electron chi connectivity index (χ0n) is 30.7. The normalized spacial score (nSPS) is 16.6. The van der Waals surface area contributed by atoms with E-state index in [9.17, 15) is 38.6 Å². The van der Waals surface area contributed by atoms with Crippen molar-refractivity contribution in [2.75, 3.05) is 19.7 Å². The number of nitrogens with two attached hydrogens (primary N) is 1. The van der Waals surface area contributed by atoms with Crippen molar-refractivity contribution in [1.29, 1.82) is 0 Å². The second kappa shape index (κ2) is 19.2. The van der Waals surface area contributed by atoms with E-state index < -0.39 is 49.7 Å². The molecule has 2 heterocycles. The van der Waals surface area contributed by atoms with Crippen molar-refractivity contribution in [3.05, 3.63) is 64.3 Å². The number of carbonyl (C=O) groups excluding carboxylic acids is 6. The third kappa shape index (κ3) is 11.0. The van der Waals surface area contributed by atoms with Gasteiger partial charge in [0.05, 0.1) is 11.1 Å². The van der Waals surface area contributed by atoms with Crippen molar-refractivity contribution < 1.29 is 43.3 Å². The summed E-state index contributed by atoms with van der Waals surface area (Å²) in [6.45, 7) is 7.67. The Morgan fingerprint density at radius 1 is 1.11 bits per heavy atom. The molecule has 2 aromatic carbocycles. The highest BCUT2D eigenvalue weighted by Gasteiger charge is 2.38. The van der Waals surface area contributed by atoms with E-state index in [-0.39, 0.29) is 61.7 Å². The zero-order chi connectivity index (χ0) is 39.7. The molecule has 4 atom stereocenters. The van der Waals surface area contributed by atoms with Crippen LogP contribution in [0.25, 0.3) is 10.9 Å². The van der Waals surface area contributed by atoms with Crippen LogP contribution in [0.5, 0.6) is 5.75 Å². The van der Waals surface area contributed by atoms with Crippen LogP contribution in [-0.4, -0.2) is 104 Å². The Hall–Kier alpha value is -4.56. The second-order valence-electron chi connectivity index (χ2n) is 13.8. The summed E-state index contributed by atoms with van der Waals surface area (Å²) in [5.41, 5.74) is 6.41. The average Bonchev–Trinajstić information content (AvgIpc) is 3.75. The van der Waals surface area contributed by atoms with Gasteiger partial charge in [-0.1, -0.05) is 37.6 Å². The Morgan fingerprint density at radius 3 is 2.50 bits per heavy atom. The van der Waals surface area contributed by atoms with Crippen molar-refractivity contribution >= 4 is 66.4 Å². The number of primary amides is 1. The van der Waals surface area contributed by atoms with Crippen LogP contribution < -0.4 is 21.1 Å². The highest BCUT2D eigenvalue weighted by Crippen LogP contribution is 2.33. The van der Waals surface area contributed by atoms with E-state index in [2.05, 4.69) is 15.6 Å². The highest BCUT2D eigenvalue weighted by atomic mass is 35.5. The SMILES string of the molecule is CC(=O)N(CC[C@H]1CCC(C(=O)NC(CCC(N)=O)COc2cccc(C(C)C)c2Cl)N1C=O)CC(C)NC(=O)c1cc2cc(C(=O)P(O)O)ccc2[nH]1. The summed E-state index contributed by atoms with van der Waals surface area (Å²) in [4.78, 5) is 99.6. The maximum Gasteiger partial charge on any atom is 0.267 e. The minimum absolute atomic E-state index is 0.0149. The van der Waals surface area contributed by atoms with E-state index in [4.69, 9.17) is 22.1 Å². The summed E-state index contributed by atoms with van der Waals surface area (Å²) in [6.07, 6.45) is 2.20. The number of aromatic amines is 1. The van der Waals surface area contributed by atoms with Gasteiger partial charge in [-0.3, -0.25) is 28.8 Å². The molecule has 5 amide bonds. The number of ether oxygens (including phenoxy) is 1. The minimum Gasteiger partial charge on any atom is -0.490 e. The monoisotopic (exact) mass is 786 g/mol. The van der Waals surface area contributed by atoms with E-state index in [0.29, 0.717) is 47.3 Å². The lowest BCUT2D eigenvalue weighted by atomic mass is 10.0. The van der Waals surface area contributed by atoms with Crippen LogP contribution in [0.15, 0.2) is 42.5 Å². The van der Waals surface area contributed by atoms with Crippen LogP contribution >= 0.6 is 20.0 Å². The molecule has 1 aliphatic heterocycles. The van der Waals surface area contributed by atoms with Gasteiger partial charge in [-0.2, -0.15) is 0 Å². The van der Waals surface area contributed by atoms with Crippen molar-refractivity contribution in [3.8, 4) is 5.75 Å². The number of carbonyl (C=O) groups is 6. The number of fused-ring (bicyclic) bond motifs is 1. The standard InChI is InChI=1S/C37H48ClN6O9P/c1-21(2)28-6-5-7-32(34(28)38)53-19-26(9-13-33(39)47)41-36(49)31-12-10-27(44(31)20-45)14-15-43(23(4)46)18-22(3)40-35(48)30-17-25-16-24(37(50)54(51)52)8-11-29(25)42-30/h5-8,11,16-17,20-22,26-27,31,42,51-52H,9-10,12-15,18-19H2,1-4H3,(H2,39,47)(H,40,48)(H,41,49)/t22?,26?,27-,31?/m1/s1. The Kier molecular flexibility index (Phi) is 15.0. The average molecular weight is 787 g/mol. The number of nitrogens with zero attached hydrogens (tertiary/aromatic N) is 2. The Labute approximate surface area is 319 Å². The zero-order valence-corrected chi connectivity index (χ0v) is 32.4. The first-order chi connectivity index (χ1) is 25.6. The number of rotatable bonds is 19. The van der Waals surface area contributed by atoms with Gasteiger partial charge in [0.2, 0.25) is 38.0 Å². The fraction of sp³-hybridized carbons (Fsp3) is 0.459. The second-order valence-corrected chi connectivity index (χ2v) is 15.2. The summed E-state index contributed by atoms with van der Waals surface area (Å²) in [6, 6.07) is 9.35. The maximum atomic E-state index is 13.5. The number of nitrogens with one attached hydrogen (secondary N) is 3. The maximum absolute atomic E-state index is 13.5. The summed E-state index contributed by atoms with van der Waals surface area (Å²) >= 11 is 6.56. The number of hydrogen-bond acceptors (Lipinski definition) is 9. The lowest BCUT2D eigenvalue weighted by Gasteiger charge is -2.30. The summed E-state index contributed by atoms with van der Waals surface area (Å²) in [5, 5.41) is 6.80. The number of likely N-dealkylation sites (tertiary alicyclic amines) is 1. The Morgan fingerprint density at radius 2 is 1.85 bits per heavy atom. The number of benzene rings is 2. The quantitative estimate of drug-likeness (QED) is 0.0771. The van der Waals surface area contributed by atoms with Gasteiger partial charge in [0.15, 0.2) is 0 Å². The molecule has 0 aliphatic carbocycles. The van der Waals surface area contributed by atoms with Crippen molar-refractivity contribution in [3.63, 3.8) is 0 Å². The topological polar surface area (TPSA) is 224 Å². The number of halogens is 1. The molecule has 7 N–H and O–H groups in total. The van der Waals surface area contributed by atoms with Crippen molar-refractivity contribution in [2.24, 2.45) is 5.73 Å². The lowest BCUT2D eigenvalue weighted by Crippen LogP contribution is -2.50. The largest absolute Gasteiger partial charge is 0.490 e. The number of aromatic nitrogens is 1. The van der Waals surface area contributed by atoms with Gasteiger partial charge in [0.25, 0.3) is 5.91 Å². The van der Waals surface area contributed by atoms with Gasteiger partial charge < -0.3 is 45.7 Å². The summed E-state index contributed by atoms with van der Waals surface area (Å²) in [5.74, 6) is -0.967. The van der Waals surface area contributed by atoms with Crippen LogP contribution in [0.2, 0.25) is 5.02 Å². The van der Waals surface area contributed by atoms with Crippen LogP contribution in [0.3, 0.4) is 0 Å². The van der Waals surface area contributed by atoms with Crippen molar-refractivity contribution in [1.82, 2.24) is 25.4 Å². The molecule has 0 saturated carbocycles. The molecule has 1 aromatic heterocycles. The molecule has 54 heavy (non-hydrogen) atoms. The van der Waals surface area contributed by atoms with Crippen LogP contribution in [-0.2, 0) is 19.2 Å². The van der Waals surface area contributed by atoms with Gasteiger partial charge in [-0.15, -0.1) is 0 Å². The fourth-order valence-corrected chi connectivity index (χ4v) is 7.34. The lowest BCUT2D eigenvalue weighted by molar-refractivity contribution is -0.133. The van der Waals surface area contributed by atoms with Crippen LogP contribution in [0.4, 0.5) is 0 Å². The summed E-state index contributed by atoms with van der Waals surface area (Å²) < 4.78 is 5.99. The minimum atomic E-state index is -2.78. The van der Waals surface area contributed by atoms with E-state index in [1.807, 2.05) is 26.0 Å². The molecule has 0 radical (unpaired) electrons. The molecule has 1 saturated heterocycles. The van der Waals surface area contributed by atoms with Crippen molar-refractivity contribution in [2.45, 2.75) is 89.9 Å². The highest BCUT2D eigenvalue weighted by molar-refractivity contribution is 7.65. The molecule has 4 rings (SSSR count). The molecule has 3 aromatic rings. The van der Waals surface area contributed by atoms with Crippen LogP contribution in [0, 0.1) is 0 Å². The van der Waals surface area contributed by atoms with Gasteiger partial charge >= 0.3 is 0 Å². The number of H-pyrrole nitrogens is 1. The first-order valence-corrected chi connectivity index (χ1v) is 19.4. The van der Waals surface area contributed by atoms with E-state index in [0.717, 1.165) is 5.56 Å². The molecule has 1 aliphatic rings. The first kappa shape index (κ1) is 42.2. The van der Waals surface area contributed by atoms with Gasteiger partial charge in [-0.25, -0.2) is 0 Å². The molecular weight excluding hydrogens is 739 g/mol. The predicted octanol–water partition coefficient (Wildman–Crippen LogP) is 3.56. The fourth-order valence-electron chi connectivity index (χ4n) is 6.57. The van der Waals surface area contributed by atoms with E-state index >= 15 is 0 Å². The summed E-state index contributed by atoms with van der Waals surface area (Å²) in [7, 11) is -2.78. The first-order valence-electron chi connectivity index (χ1n) is 17.7. The molecule has 0 spiro atoms. The Balaban J connectivity index is 1.33. The molecule has 0 bridgehead atoms. The number of amides is 5. The van der Waals surface area contributed by atoms with E-state index in [1.165, 1.54) is 24.0 Å². The Bertz CT molecular complexity index is 1850. The molecule has 15 nitrogen and oxygen atoms in total. The van der Waals surface area contributed by atoms with E-state index in [1.54, 1.807) is 30.0 Å². The molecule has 1 fully saturated rings.